The summed E-state index contributed by atoms with van der Waals surface area (Å²) in [6.45, 7) is 0. The molecule has 0 heterocycles. The molecule has 12 heteroatoms. The third kappa shape index (κ3) is 6.38. The normalized spacial score (nSPS) is 14.7. The highest BCUT2D eigenvalue weighted by Gasteiger charge is 2.43. The highest BCUT2D eigenvalue weighted by atomic mass is 16.5. The maximum Gasteiger partial charge on any atom is 0.337 e. The van der Waals surface area contributed by atoms with Crippen LogP contribution in [0.4, 0.5) is 0 Å². The Kier molecular flexibility index (Phi) is 9.98. The summed E-state index contributed by atoms with van der Waals surface area (Å²) in [7, 11) is 4.61. The van der Waals surface area contributed by atoms with Gasteiger partial charge in [0.1, 0.15) is 0 Å². The molecule has 0 aromatic heterocycles. The van der Waals surface area contributed by atoms with Crippen molar-refractivity contribution in [1.82, 2.24) is 0 Å². The van der Waals surface area contributed by atoms with E-state index in [0.717, 1.165) is 14.2 Å². The maximum absolute atomic E-state index is 13.6. The number of carbonyl (C=O) groups excluding carboxylic acids is 6. The summed E-state index contributed by atoms with van der Waals surface area (Å²) < 4.78 is 18.8. The number of benzene rings is 2. The quantitative estimate of drug-likeness (QED) is 0.239. The molecule has 0 radical (unpaired) electrons. The molecule has 0 aliphatic heterocycles. The molecule has 0 saturated carbocycles. The highest BCUT2D eigenvalue weighted by molar-refractivity contribution is 6.24. The number of Topliss-reactive ketones (excluding diaryl/α,β-unsaturated/α-hetero) is 2. The first kappa shape index (κ1) is 31.3. The van der Waals surface area contributed by atoms with Gasteiger partial charge in [0.25, 0.3) is 0 Å². The fraction of sp³-hybridized carbons (Fsp3) is 0.267. The van der Waals surface area contributed by atoms with Crippen molar-refractivity contribution in [2.24, 2.45) is 0 Å². The summed E-state index contributed by atoms with van der Waals surface area (Å²) in [5.74, 6) is -9.78. The monoisotopic (exact) mass is 580 g/mol. The lowest BCUT2D eigenvalue weighted by Gasteiger charge is -2.27. The van der Waals surface area contributed by atoms with Gasteiger partial charge in [0.05, 0.1) is 63.6 Å². The lowest BCUT2D eigenvalue weighted by Crippen LogP contribution is -2.31. The summed E-state index contributed by atoms with van der Waals surface area (Å²) >= 11 is 0. The zero-order valence-corrected chi connectivity index (χ0v) is 23.2. The van der Waals surface area contributed by atoms with Crippen LogP contribution in [-0.4, -0.2) is 74.1 Å². The molecule has 220 valence electrons. The second-order valence-corrected chi connectivity index (χ2v) is 9.08. The minimum Gasteiger partial charge on any atom is -0.504 e. The second kappa shape index (κ2) is 13.4. The fourth-order valence-electron chi connectivity index (χ4n) is 4.57. The zero-order valence-electron chi connectivity index (χ0n) is 23.2. The molecule has 2 N–H and O–H groups in total. The van der Waals surface area contributed by atoms with Crippen LogP contribution in [0.15, 0.2) is 71.2 Å². The topological polar surface area (TPSA) is 180 Å². The molecule has 3 rings (SSSR count). The van der Waals surface area contributed by atoms with Gasteiger partial charge in [0.2, 0.25) is 11.6 Å². The lowest BCUT2D eigenvalue weighted by atomic mass is 9.75. The number of rotatable bonds is 10. The molecule has 0 amide bonds. The van der Waals surface area contributed by atoms with Crippen LogP contribution in [0, 0.1) is 0 Å². The standard InChI is InChI=1S/C30H28O12/c1-39-21(31)13-19(15-5-9-17(10-6-15)29(37)41-3)23-25(33)27(35)24(28(36)26(23)34)20(14-22(32)40-2)16-7-11-18(12-8-16)30(38)42-4/h5-12,19-20,33,36H,13-14H2,1-4H3. The van der Waals surface area contributed by atoms with Gasteiger partial charge in [0.15, 0.2) is 11.5 Å². The van der Waals surface area contributed by atoms with Crippen molar-refractivity contribution in [2.45, 2.75) is 24.7 Å². The van der Waals surface area contributed by atoms with Gasteiger partial charge in [0, 0.05) is 11.8 Å². The van der Waals surface area contributed by atoms with Crippen molar-refractivity contribution in [1.29, 1.82) is 0 Å². The van der Waals surface area contributed by atoms with E-state index in [2.05, 4.69) is 9.47 Å². The Morgan fingerprint density at radius 1 is 0.571 bits per heavy atom. The molecule has 2 aromatic carbocycles. The molecule has 0 saturated heterocycles. The van der Waals surface area contributed by atoms with E-state index in [9.17, 15) is 39.0 Å². The molecule has 1 aliphatic carbocycles. The second-order valence-electron chi connectivity index (χ2n) is 9.08. The molecule has 0 spiro atoms. The Hall–Kier alpha value is -5.26. The van der Waals surface area contributed by atoms with Gasteiger partial charge < -0.3 is 29.2 Å². The third-order valence-corrected chi connectivity index (χ3v) is 6.79. The van der Waals surface area contributed by atoms with E-state index < -0.39 is 82.8 Å². The van der Waals surface area contributed by atoms with Crippen LogP contribution in [0.1, 0.15) is 56.5 Å². The number of aliphatic hydroxyl groups excluding tert-OH is 2. The molecular weight excluding hydrogens is 552 g/mol. The maximum atomic E-state index is 13.6. The van der Waals surface area contributed by atoms with Gasteiger partial charge in [-0.3, -0.25) is 19.2 Å². The number of esters is 4. The first-order valence-corrected chi connectivity index (χ1v) is 12.4. The van der Waals surface area contributed by atoms with Crippen molar-refractivity contribution in [3.63, 3.8) is 0 Å². The number of hydrogen-bond acceptors (Lipinski definition) is 12. The number of carbonyl (C=O) groups is 6. The minimum atomic E-state index is -1.26. The number of aliphatic hydroxyl groups is 2. The first-order chi connectivity index (χ1) is 20.0. The van der Waals surface area contributed by atoms with Crippen LogP contribution >= 0.6 is 0 Å². The first-order valence-electron chi connectivity index (χ1n) is 12.4. The molecule has 0 bridgehead atoms. The number of ether oxygens (including phenoxy) is 4. The van der Waals surface area contributed by atoms with Crippen LogP contribution in [0.2, 0.25) is 0 Å². The predicted molar refractivity (Wildman–Crippen MR) is 144 cm³/mol. The number of methoxy groups -OCH3 is 4. The van der Waals surface area contributed by atoms with E-state index >= 15 is 0 Å². The van der Waals surface area contributed by atoms with E-state index in [1.54, 1.807) is 0 Å². The van der Waals surface area contributed by atoms with Crippen molar-refractivity contribution in [3.8, 4) is 0 Å². The summed E-state index contributed by atoms with van der Waals surface area (Å²) in [5.41, 5.74) is -0.328. The van der Waals surface area contributed by atoms with Crippen LogP contribution in [0.3, 0.4) is 0 Å². The molecule has 2 atom stereocenters. The Morgan fingerprint density at radius 3 is 1.14 bits per heavy atom. The van der Waals surface area contributed by atoms with E-state index in [1.807, 2.05) is 0 Å². The van der Waals surface area contributed by atoms with E-state index in [4.69, 9.17) is 9.47 Å². The van der Waals surface area contributed by atoms with Gasteiger partial charge >= 0.3 is 23.9 Å². The molecule has 1 aliphatic rings. The van der Waals surface area contributed by atoms with Gasteiger partial charge in [-0.15, -0.1) is 0 Å². The Balaban J connectivity index is 2.13. The van der Waals surface area contributed by atoms with Crippen LogP contribution in [0.25, 0.3) is 0 Å². The molecule has 2 unspecified atom stereocenters. The molecule has 2 aromatic rings. The summed E-state index contributed by atoms with van der Waals surface area (Å²) in [6, 6.07) is 11.1. The van der Waals surface area contributed by atoms with Crippen molar-refractivity contribution in [2.75, 3.05) is 28.4 Å². The number of ketones is 2. The van der Waals surface area contributed by atoms with Gasteiger partial charge in [-0.05, 0) is 35.4 Å². The van der Waals surface area contributed by atoms with Crippen molar-refractivity contribution in [3.05, 3.63) is 93.4 Å². The third-order valence-electron chi connectivity index (χ3n) is 6.79. The SMILES string of the molecule is COC(=O)CC(C1=C(O)C(=O)C(C(CC(=O)OC)c2ccc(C(=O)OC)cc2)=C(O)C1=O)c1ccc(C(=O)OC)cc1. The molecular formula is C30H28O12. The molecule has 0 fully saturated rings. The Morgan fingerprint density at radius 2 is 0.881 bits per heavy atom. The van der Waals surface area contributed by atoms with E-state index in [0.29, 0.717) is 0 Å². The van der Waals surface area contributed by atoms with Gasteiger partial charge in [-0.1, -0.05) is 24.3 Å². The predicted octanol–water partition coefficient (Wildman–Crippen LogP) is 3.03. The van der Waals surface area contributed by atoms with Gasteiger partial charge in [-0.2, -0.15) is 0 Å². The largest absolute Gasteiger partial charge is 0.504 e. The smallest absolute Gasteiger partial charge is 0.337 e. The van der Waals surface area contributed by atoms with E-state index in [-0.39, 0.29) is 22.3 Å². The van der Waals surface area contributed by atoms with Crippen LogP contribution in [-0.2, 0) is 38.1 Å². The summed E-state index contributed by atoms with van der Waals surface area (Å²) in [6.07, 6.45) is -1.01. The average Bonchev–Trinajstić information content (AvgIpc) is 3.02. The van der Waals surface area contributed by atoms with E-state index in [1.165, 1.54) is 62.8 Å². The Labute approximate surface area is 240 Å². The minimum absolute atomic E-state index is 0.163. The Bertz CT molecular complexity index is 1370. The highest BCUT2D eigenvalue weighted by Crippen LogP contribution is 2.41. The summed E-state index contributed by atoms with van der Waals surface area (Å²) in [4.78, 5) is 75.5. The number of hydrogen-bond donors (Lipinski definition) is 2. The molecule has 42 heavy (non-hydrogen) atoms. The number of allylic oxidation sites excluding steroid dienone is 2. The molecule has 12 nitrogen and oxygen atoms in total. The average molecular weight is 581 g/mol. The van der Waals surface area contributed by atoms with Crippen LogP contribution < -0.4 is 0 Å². The van der Waals surface area contributed by atoms with Crippen LogP contribution in [0.5, 0.6) is 0 Å². The summed E-state index contributed by atoms with van der Waals surface area (Å²) in [5, 5.41) is 22.2. The van der Waals surface area contributed by atoms with Gasteiger partial charge in [-0.25, -0.2) is 9.59 Å². The lowest BCUT2D eigenvalue weighted by molar-refractivity contribution is -0.142. The van der Waals surface area contributed by atoms with Crippen molar-refractivity contribution >= 4 is 35.4 Å². The fourth-order valence-corrected chi connectivity index (χ4v) is 4.57. The van der Waals surface area contributed by atoms with Crippen molar-refractivity contribution < 1.29 is 57.9 Å². The zero-order chi connectivity index (χ0) is 31.1.